The zero-order valence-electron chi connectivity index (χ0n) is 10.1. The van der Waals surface area contributed by atoms with Gasteiger partial charge in [0, 0.05) is 37.5 Å². The van der Waals surface area contributed by atoms with Crippen LogP contribution in [0.4, 0.5) is 0 Å². The van der Waals surface area contributed by atoms with Crippen LogP contribution in [0.2, 0.25) is 0 Å². The van der Waals surface area contributed by atoms with Crippen LogP contribution in [0.3, 0.4) is 0 Å². The van der Waals surface area contributed by atoms with Crippen LogP contribution in [0, 0.1) is 6.92 Å². The normalized spacial score (nSPS) is 12.9. The molecule has 5 nitrogen and oxygen atoms in total. The highest BCUT2D eigenvalue weighted by atomic mass is 32.1. The van der Waals surface area contributed by atoms with Gasteiger partial charge in [-0.2, -0.15) is 5.10 Å². The van der Waals surface area contributed by atoms with Crippen LogP contribution in [-0.4, -0.2) is 20.8 Å². The molecule has 6 heteroatoms. The predicted octanol–water partition coefficient (Wildman–Crippen LogP) is 0.802. The van der Waals surface area contributed by atoms with Crippen molar-refractivity contribution in [2.75, 3.05) is 0 Å². The summed E-state index contributed by atoms with van der Waals surface area (Å²) in [5.41, 5.74) is 4.97. The highest BCUT2D eigenvalue weighted by Crippen LogP contribution is 2.11. The number of rotatable bonds is 5. The number of nitrogens with zero attached hydrogens (tertiary/aromatic N) is 3. The summed E-state index contributed by atoms with van der Waals surface area (Å²) in [5.74, 6) is 5.57. The zero-order chi connectivity index (χ0) is 12.3. The van der Waals surface area contributed by atoms with Gasteiger partial charge in [-0.1, -0.05) is 0 Å². The molecule has 1 atom stereocenters. The van der Waals surface area contributed by atoms with Gasteiger partial charge < -0.3 is 0 Å². The molecule has 0 spiro atoms. The molecule has 0 saturated heterocycles. The molecule has 3 N–H and O–H groups in total. The molecule has 17 heavy (non-hydrogen) atoms. The summed E-state index contributed by atoms with van der Waals surface area (Å²) in [7, 11) is 1.91. The van der Waals surface area contributed by atoms with E-state index < -0.39 is 0 Å². The minimum absolute atomic E-state index is 0.173. The first-order valence-corrected chi connectivity index (χ1v) is 6.41. The van der Waals surface area contributed by atoms with Gasteiger partial charge in [-0.25, -0.2) is 4.98 Å². The average Bonchev–Trinajstić information content (AvgIpc) is 2.87. The van der Waals surface area contributed by atoms with Gasteiger partial charge in [-0.15, -0.1) is 11.3 Å². The molecular formula is C11H17N5S. The number of hydrogen-bond acceptors (Lipinski definition) is 5. The number of aromatic nitrogens is 3. The lowest BCUT2D eigenvalue weighted by Gasteiger charge is -2.12. The topological polar surface area (TPSA) is 68.8 Å². The number of hydrazine groups is 1. The van der Waals surface area contributed by atoms with E-state index in [0.717, 1.165) is 29.2 Å². The van der Waals surface area contributed by atoms with Gasteiger partial charge in [0.05, 0.1) is 16.4 Å². The van der Waals surface area contributed by atoms with Gasteiger partial charge >= 0.3 is 0 Å². The lowest BCUT2D eigenvalue weighted by atomic mass is 10.1. The highest BCUT2D eigenvalue weighted by molar-refractivity contribution is 7.09. The van der Waals surface area contributed by atoms with Crippen molar-refractivity contribution < 1.29 is 0 Å². The van der Waals surface area contributed by atoms with Crippen molar-refractivity contribution in [3.63, 3.8) is 0 Å². The fraction of sp³-hybridized carbons (Fsp3) is 0.455. The molecule has 2 aromatic rings. The number of aryl methyl sites for hydroxylation is 2. The third-order valence-corrected chi connectivity index (χ3v) is 3.40. The molecular weight excluding hydrogens is 234 g/mol. The van der Waals surface area contributed by atoms with Crippen molar-refractivity contribution in [3.05, 3.63) is 34.0 Å². The van der Waals surface area contributed by atoms with Crippen molar-refractivity contribution in [2.24, 2.45) is 12.9 Å². The maximum absolute atomic E-state index is 5.57. The van der Waals surface area contributed by atoms with E-state index in [0.29, 0.717) is 0 Å². The van der Waals surface area contributed by atoms with E-state index >= 15 is 0 Å². The van der Waals surface area contributed by atoms with Crippen LogP contribution in [0.1, 0.15) is 16.4 Å². The summed E-state index contributed by atoms with van der Waals surface area (Å²) in [6, 6.07) is 2.18. The first-order chi connectivity index (χ1) is 8.17. The summed E-state index contributed by atoms with van der Waals surface area (Å²) in [6.45, 7) is 2.01. The van der Waals surface area contributed by atoms with Gasteiger partial charge in [0.1, 0.15) is 0 Å². The lowest BCUT2D eigenvalue weighted by Crippen LogP contribution is -2.38. The van der Waals surface area contributed by atoms with E-state index in [4.69, 9.17) is 5.84 Å². The Bertz CT molecular complexity index is 433. The van der Waals surface area contributed by atoms with Crippen LogP contribution in [0.5, 0.6) is 0 Å². The van der Waals surface area contributed by atoms with Crippen LogP contribution in [-0.2, 0) is 19.9 Å². The van der Waals surface area contributed by atoms with Crippen LogP contribution in [0.25, 0.3) is 0 Å². The standard InChI is InChI=1S/C11H17N5S/c1-8-13-11(7-17-8)6-10(14-12)5-9-3-4-16(2)15-9/h3-4,7,10,14H,5-6,12H2,1-2H3. The molecule has 0 saturated carbocycles. The predicted molar refractivity (Wildman–Crippen MR) is 68.6 cm³/mol. The second kappa shape index (κ2) is 5.39. The Morgan fingerprint density at radius 2 is 2.24 bits per heavy atom. The lowest BCUT2D eigenvalue weighted by molar-refractivity contribution is 0.510. The zero-order valence-corrected chi connectivity index (χ0v) is 10.9. The van der Waals surface area contributed by atoms with E-state index in [1.165, 1.54) is 0 Å². The Morgan fingerprint density at radius 1 is 1.47 bits per heavy atom. The van der Waals surface area contributed by atoms with E-state index in [1.54, 1.807) is 16.0 Å². The van der Waals surface area contributed by atoms with Gasteiger partial charge in [-0.3, -0.25) is 16.0 Å². The number of nitrogens with one attached hydrogen (secondary N) is 1. The summed E-state index contributed by atoms with van der Waals surface area (Å²) in [6.07, 6.45) is 3.58. The highest BCUT2D eigenvalue weighted by Gasteiger charge is 2.12. The first-order valence-electron chi connectivity index (χ1n) is 5.53. The molecule has 0 aliphatic carbocycles. The number of hydrogen-bond donors (Lipinski definition) is 2. The second-order valence-electron chi connectivity index (χ2n) is 4.11. The maximum atomic E-state index is 5.57. The van der Waals surface area contributed by atoms with Gasteiger partial charge in [0.2, 0.25) is 0 Å². The Hall–Kier alpha value is -1.24. The van der Waals surface area contributed by atoms with Crippen molar-refractivity contribution in [1.82, 2.24) is 20.2 Å². The van der Waals surface area contributed by atoms with Crippen molar-refractivity contribution in [2.45, 2.75) is 25.8 Å². The van der Waals surface area contributed by atoms with E-state index in [-0.39, 0.29) is 6.04 Å². The molecule has 0 bridgehead atoms. The molecule has 1 unspecified atom stereocenters. The van der Waals surface area contributed by atoms with Gasteiger partial charge in [-0.05, 0) is 13.0 Å². The van der Waals surface area contributed by atoms with Crippen LogP contribution < -0.4 is 11.3 Å². The van der Waals surface area contributed by atoms with Crippen molar-refractivity contribution >= 4 is 11.3 Å². The smallest absolute Gasteiger partial charge is 0.0897 e. The molecule has 2 aromatic heterocycles. The quantitative estimate of drug-likeness (QED) is 0.609. The van der Waals surface area contributed by atoms with Gasteiger partial charge in [0.15, 0.2) is 0 Å². The summed E-state index contributed by atoms with van der Waals surface area (Å²) in [4.78, 5) is 4.44. The number of thiazole rings is 1. The SMILES string of the molecule is Cc1nc(CC(Cc2ccn(C)n2)NN)cs1. The second-order valence-corrected chi connectivity index (χ2v) is 5.17. The first kappa shape index (κ1) is 12.2. The minimum Gasteiger partial charge on any atom is -0.276 e. The molecule has 0 aliphatic heterocycles. The Balaban J connectivity index is 1.97. The average molecular weight is 251 g/mol. The molecule has 2 heterocycles. The van der Waals surface area contributed by atoms with E-state index in [2.05, 4.69) is 20.9 Å². The summed E-state index contributed by atoms with van der Waals surface area (Å²) < 4.78 is 1.80. The van der Waals surface area contributed by atoms with Crippen molar-refractivity contribution in [3.8, 4) is 0 Å². The molecule has 92 valence electrons. The molecule has 0 radical (unpaired) electrons. The molecule has 2 rings (SSSR count). The Morgan fingerprint density at radius 3 is 2.76 bits per heavy atom. The van der Waals surface area contributed by atoms with E-state index in [9.17, 15) is 0 Å². The fourth-order valence-corrected chi connectivity index (χ4v) is 2.39. The Labute approximate surface area is 105 Å². The molecule has 0 aromatic carbocycles. The molecule has 0 aliphatic rings. The Kier molecular flexibility index (Phi) is 3.88. The molecule has 0 fully saturated rings. The summed E-state index contributed by atoms with van der Waals surface area (Å²) in [5, 5.41) is 7.52. The van der Waals surface area contributed by atoms with Crippen LogP contribution in [0.15, 0.2) is 17.6 Å². The van der Waals surface area contributed by atoms with E-state index in [1.807, 2.05) is 26.2 Å². The largest absolute Gasteiger partial charge is 0.276 e. The minimum atomic E-state index is 0.173. The van der Waals surface area contributed by atoms with Gasteiger partial charge in [0.25, 0.3) is 0 Å². The monoisotopic (exact) mass is 251 g/mol. The third-order valence-electron chi connectivity index (χ3n) is 2.58. The van der Waals surface area contributed by atoms with Crippen molar-refractivity contribution in [1.29, 1.82) is 0 Å². The fourth-order valence-electron chi connectivity index (χ4n) is 1.77. The maximum Gasteiger partial charge on any atom is 0.0897 e. The number of nitrogens with two attached hydrogens (primary N) is 1. The molecule has 0 amide bonds. The summed E-state index contributed by atoms with van der Waals surface area (Å²) >= 11 is 1.67. The van der Waals surface area contributed by atoms with Crippen LogP contribution >= 0.6 is 11.3 Å². The third kappa shape index (κ3) is 3.36.